The van der Waals surface area contributed by atoms with Crippen LogP contribution in [0.1, 0.15) is 33.6 Å². The highest BCUT2D eigenvalue weighted by atomic mass is 16.2. The SMILES string of the molecule is O=C(c1ccccc1)C1CCN(C(=O)c2ccc(-n3cnc4ccccc4c3=O)cc2)CC1. The molecule has 1 fully saturated rings. The number of para-hydroxylation sites is 1. The number of hydrogen-bond donors (Lipinski definition) is 0. The van der Waals surface area contributed by atoms with Crippen molar-refractivity contribution in [3.63, 3.8) is 0 Å². The Morgan fingerprint density at radius 2 is 1.45 bits per heavy atom. The normalized spacial score (nSPS) is 14.4. The fourth-order valence-electron chi connectivity index (χ4n) is 4.38. The molecule has 33 heavy (non-hydrogen) atoms. The van der Waals surface area contributed by atoms with Gasteiger partial charge < -0.3 is 4.90 Å². The Labute approximate surface area is 191 Å². The minimum Gasteiger partial charge on any atom is -0.339 e. The van der Waals surface area contributed by atoms with Gasteiger partial charge >= 0.3 is 0 Å². The molecule has 0 unspecified atom stereocenters. The Bertz CT molecular complexity index is 1370. The average molecular weight is 437 g/mol. The van der Waals surface area contributed by atoms with Crippen LogP contribution in [0.25, 0.3) is 16.6 Å². The zero-order chi connectivity index (χ0) is 22.8. The molecule has 164 valence electrons. The van der Waals surface area contributed by atoms with Crippen molar-refractivity contribution >= 4 is 22.6 Å². The van der Waals surface area contributed by atoms with Crippen LogP contribution in [0.4, 0.5) is 0 Å². The number of aromatic nitrogens is 2. The highest BCUT2D eigenvalue weighted by Gasteiger charge is 2.28. The molecule has 3 aromatic carbocycles. The Morgan fingerprint density at radius 1 is 0.788 bits per heavy atom. The van der Waals surface area contributed by atoms with Gasteiger partial charge in [0.1, 0.15) is 6.33 Å². The summed E-state index contributed by atoms with van der Waals surface area (Å²) in [5.74, 6) is 0.0451. The Balaban J connectivity index is 1.28. The Hall–Kier alpha value is -4.06. The van der Waals surface area contributed by atoms with E-state index in [0.29, 0.717) is 48.1 Å². The van der Waals surface area contributed by atoms with E-state index < -0.39 is 0 Å². The third-order valence-corrected chi connectivity index (χ3v) is 6.27. The summed E-state index contributed by atoms with van der Waals surface area (Å²) in [5.41, 5.74) is 2.45. The molecule has 1 aliphatic rings. The van der Waals surface area contributed by atoms with Crippen molar-refractivity contribution in [1.29, 1.82) is 0 Å². The average Bonchev–Trinajstić information content (AvgIpc) is 2.89. The summed E-state index contributed by atoms with van der Waals surface area (Å²) in [6.07, 6.45) is 2.83. The lowest BCUT2D eigenvalue weighted by Gasteiger charge is -2.31. The Morgan fingerprint density at radius 3 is 2.18 bits per heavy atom. The largest absolute Gasteiger partial charge is 0.339 e. The Kier molecular flexibility index (Phi) is 5.57. The van der Waals surface area contributed by atoms with Crippen molar-refractivity contribution < 1.29 is 9.59 Å². The van der Waals surface area contributed by atoms with Crippen molar-refractivity contribution in [3.05, 3.63) is 107 Å². The maximum atomic E-state index is 13.0. The molecule has 0 saturated carbocycles. The van der Waals surface area contributed by atoms with Crippen LogP contribution in [0.15, 0.2) is 90.0 Å². The molecule has 1 saturated heterocycles. The van der Waals surface area contributed by atoms with Gasteiger partial charge in [-0.1, -0.05) is 42.5 Å². The van der Waals surface area contributed by atoms with Gasteiger partial charge in [-0.25, -0.2) is 4.98 Å². The number of piperidine rings is 1. The summed E-state index contributed by atoms with van der Waals surface area (Å²) < 4.78 is 1.48. The lowest BCUT2D eigenvalue weighted by Crippen LogP contribution is -2.40. The van der Waals surface area contributed by atoms with Crippen LogP contribution in [0.3, 0.4) is 0 Å². The fraction of sp³-hybridized carbons (Fsp3) is 0.185. The van der Waals surface area contributed by atoms with Crippen LogP contribution in [0.5, 0.6) is 0 Å². The van der Waals surface area contributed by atoms with Gasteiger partial charge in [-0.2, -0.15) is 0 Å². The number of likely N-dealkylation sites (tertiary alicyclic amines) is 1. The van der Waals surface area contributed by atoms with Gasteiger partial charge in [0, 0.05) is 30.1 Å². The molecule has 0 atom stereocenters. The summed E-state index contributed by atoms with van der Waals surface area (Å²) >= 11 is 0. The molecule has 0 bridgehead atoms. The number of nitrogens with zero attached hydrogens (tertiary/aromatic N) is 3. The standard InChI is InChI=1S/C27H23N3O3/c31-25(19-6-2-1-3-7-19)20-14-16-29(17-15-20)26(32)21-10-12-22(13-11-21)30-18-28-24-9-5-4-8-23(24)27(30)33/h1-13,18,20H,14-17H2. The lowest BCUT2D eigenvalue weighted by atomic mass is 9.88. The minimum atomic E-state index is -0.148. The number of amides is 1. The van der Waals surface area contributed by atoms with Gasteiger partial charge in [0.15, 0.2) is 5.78 Å². The molecular weight excluding hydrogens is 414 g/mol. The quantitative estimate of drug-likeness (QED) is 0.450. The van der Waals surface area contributed by atoms with E-state index in [1.165, 1.54) is 10.9 Å². The second kappa shape index (κ2) is 8.82. The first kappa shape index (κ1) is 20.8. The number of carbonyl (C=O) groups is 2. The fourth-order valence-corrected chi connectivity index (χ4v) is 4.38. The first-order chi connectivity index (χ1) is 16.1. The van der Waals surface area contributed by atoms with E-state index in [2.05, 4.69) is 4.98 Å². The molecule has 5 rings (SSSR count). The van der Waals surface area contributed by atoms with Crippen LogP contribution < -0.4 is 5.56 Å². The van der Waals surface area contributed by atoms with E-state index in [0.717, 1.165) is 5.56 Å². The van der Waals surface area contributed by atoms with Crippen LogP contribution in [0, 0.1) is 5.92 Å². The summed E-state index contributed by atoms with van der Waals surface area (Å²) in [6.45, 7) is 1.11. The first-order valence-corrected chi connectivity index (χ1v) is 11.1. The van der Waals surface area contributed by atoms with E-state index in [9.17, 15) is 14.4 Å². The zero-order valence-corrected chi connectivity index (χ0v) is 18.1. The van der Waals surface area contributed by atoms with Crippen molar-refractivity contribution in [2.24, 2.45) is 5.92 Å². The maximum Gasteiger partial charge on any atom is 0.265 e. The van der Waals surface area contributed by atoms with E-state index >= 15 is 0 Å². The van der Waals surface area contributed by atoms with E-state index in [1.807, 2.05) is 42.5 Å². The topological polar surface area (TPSA) is 72.3 Å². The second-order valence-corrected chi connectivity index (χ2v) is 8.28. The number of fused-ring (bicyclic) bond motifs is 1. The smallest absolute Gasteiger partial charge is 0.265 e. The van der Waals surface area contributed by atoms with Crippen LogP contribution in [-0.2, 0) is 0 Å². The first-order valence-electron chi connectivity index (χ1n) is 11.1. The van der Waals surface area contributed by atoms with Gasteiger partial charge in [-0.15, -0.1) is 0 Å². The van der Waals surface area contributed by atoms with Gasteiger partial charge in [0.25, 0.3) is 11.5 Å². The molecule has 0 aliphatic carbocycles. The predicted molar refractivity (Wildman–Crippen MR) is 127 cm³/mol. The van der Waals surface area contributed by atoms with Crippen LogP contribution in [-0.4, -0.2) is 39.2 Å². The molecule has 1 amide bonds. The number of benzene rings is 3. The van der Waals surface area contributed by atoms with Crippen molar-refractivity contribution in [2.45, 2.75) is 12.8 Å². The molecule has 1 aliphatic heterocycles. The second-order valence-electron chi connectivity index (χ2n) is 8.28. The maximum absolute atomic E-state index is 13.0. The van der Waals surface area contributed by atoms with Gasteiger partial charge in [-0.3, -0.25) is 19.0 Å². The molecule has 4 aromatic rings. The van der Waals surface area contributed by atoms with E-state index in [4.69, 9.17) is 0 Å². The highest BCUT2D eigenvalue weighted by molar-refractivity contribution is 5.98. The number of rotatable bonds is 4. The third kappa shape index (κ3) is 4.07. The van der Waals surface area contributed by atoms with Crippen molar-refractivity contribution in [3.8, 4) is 5.69 Å². The third-order valence-electron chi connectivity index (χ3n) is 6.27. The van der Waals surface area contributed by atoms with Gasteiger partial charge in [-0.05, 0) is 49.2 Å². The highest BCUT2D eigenvalue weighted by Crippen LogP contribution is 2.23. The van der Waals surface area contributed by atoms with E-state index in [-0.39, 0.29) is 23.2 Å². The molecular formula is C27H23N3O3. The molecule has 1 aromatic heterocycles. The number of hydrogen-bond acceptors (Lipinski definition) is 4. The predicted octanol–water partition coefficient (Wildman–Crippen LogP) is 4.12. The summed E-state index contributed by atoms with van der Waals surface area (Å²) in [7, 11) is 0. The van der Waals surface area contributed by atoms with Crippen molar-refractivity contribution in [2.75, 3.05) is 13.1 Å². The van der Waals surface area contributed by atoms with E-state index in [1.54, 1.807) is 41.3 Å². The van der Waals surface area contributed by atoms with Crippen LogP contribution in [0.2, 0.25) is 0 Å². The molecule has 0 spiro atoms. The van der Waals surface area contributed by atoms with Gasteiger partial charge in [0.05, 0.1) is 16.6 Å². The molecule has 6 nitrogen and oxygen atoms in total. The van der Waals surface area contributed by atoms with Crippen molar-refractivity contribution in [1.82, 2.24) is 14.5 Å². The minimum absolute atomic E-state index is 0.0499. The number of Topliss-reactive ketones (excluding diaryl/α,β-unsaturated/α-hetero) is 1. The zero-order valence-electron chi connectivity index (χ0n) is 18.1. The summed E-state index contributed by atoms with van der Waals surface area (Å²) in [6, 6.07) is 23.5. The summed E-state index contributed by atoms with van der Waals surface area (Å²) in [4.78, 5) is 44.6. The van der Waals surface area contributed by atoms with Gasteiger partial charge in [0.2, 0.25) is 0 Å². The molecule has 0 radical (unpaired) electrons. The lowest BCUT2D eigenvalue weighted by molar-refractivity contribution is 0.0650. The molecule has 2 heterocycles. The summed E-state index contributed by atoms with van der Waals surface area (Å²) in [5, 5.41) is 0.549. The number of carbonyl (C=O) groups excluding carboxylic acids is 2. The monoisotopic (exact) mass is 437 g/mol. The molecule has 0 N–H and O–H groups in total. The number of ketones is 1. The molecule has 6 heteroatoms. The van der Waals surface area contributed by atoms with Crippen LogP contribution >= 0.6 is 0 Å².